The summed E-state index contributed by atoms with van der Waals surface area (Å²) in [5, 5.41) is 5.58. The van der Waals surface area contributed by atoms with Crippen molar-refractivity contribution in [3.8, 4) is 0 Å². The van der Waals surface area contributed by atoms with E-state index in [1.807, 2.05) is 0 Å². The first kappa shape index (κ1) is 9.45. The van der Waals surface area contributed by atoms with Crippen molar-refractivity contribution in [2.45, 2.75) is 18.9 Å². The van der Waals surface area contributed by atoms with Crippen LogP contribution in [0.25, 0.3) is 0 Å². The Balaban J connectivity index is 1.95. The Morgan fingerprint density at radius 3 is 3.00 bits per heavy atom. The first-order chi connectivity index (χ1) is 6.75. The molecular weight excluding hydrogens is 246 g/mol. The third-order valence-corrected chi connectivity index (χ3v) is 2.57. The third kappa shape index (κ3) is 2.45. The lowest BCUT2D eigenvalue weighted by molar-refractivity contribution is 0.251. The molecule has 1 saturated carbocycles. The highest BCUT2D eigenvalue weighted by atomic mass is 79.9. The van der Waals surface area contributed by atoms with Crippen molar-refractivity contribution in [2.75, 3.05) is 5.32 Å². The summed E-state index contributed by atoms with van der Waals surface area (Å²) < 4.78 is 0.783. The zero-order valence-electron chi connectivity index (χ0n) is 7.46. The van der Waals surface area contributed by atoms with Gasteiger partial charge in [0.2, 0.25) is 0 Å². The maximum atomic E-state index is 11.4. The quantitative estimate of drug-likeness (QED) is 0.851. The van der Waals surface area contributed by atoms with E-state index >= 15 is 0 Å². The number of nitrogens with zero attached hydrogens (tertiary/aromatic N) is 1. The van der Waals surface area contributed by atoms with Gasteiger partial charge >= 0.3 is 6.03 Å². The number of hydrogen-bond acceptors (Lipinski definition) is 2. The maximum Gasteiger partial charge on any atom is 0.319 e. The van der Waals surface area contributed by atoms with Crippen molar-refractivity contribution in [3.05, 3.63) is 22.9 Å². The molecule has 0 aliphatic heterocycles. The van der Waals surface area contributed by atoms with Crippen LogP contribution in [0.5, 0.6) is 0 Å². The van der Waals surface area contributed by atoms with Crippen LogP contribution in [0.4, 0.5) is 10.5 Å². The van der Waals surface area contributed by atoms with Crippen LogP contribution in [0, 0.1) is 0 Å². The van der Waals surface area contributed by atoms with E-state index < -0.39 is 0 Å². The summed E-state index contributed by atoms with van der Waals surface area (Å²) in [6, 6.07) is 1.96. The molecule has 1 aromatic heterocycles. The minimum absolute atomic E-state index is 0.153. The molecule has 2 rings (SSSR count). The average molecular weight is 256 g/mol. The van der Waals surface area contributed by atoms with Gasteiger partial charge in [0.1, 0.15) is 0 Å². The topological polar surface area (TPSA) is 54.0 Å². The molecular formula is C9H10BrN3O. The van der Waals surface area contributed by atoms with E-state index in [1.165, 1.54) is 0 Å². The van der Waals surface area contributed by atoms with Gasteiger partial charge in [-0.2, -0.15) is 0 Å². The molecule has 0 radical (unpaired) electrons. The van der Waals surface area contributed by atoms with Crippen molar-refractivity contribution in [1.29, 1.82) is 0 Å². The summed E-state index contributed by atoms with van der Waals surface area (Å²) in [5.41, 5.74) is 0.734. The highest BCUT2D eigenvalue weighted by Gasteiger charge is 2.23. The SMILES string of the molecule is O=C(Nc1ccncc1Br)NC1CC1. The number of amides is 2. The standard InChI is InChI=1S/C9H10BrN3O/c10-7-5-11-4-3-8(7)13-9(14)12-6-1-2-6/h3-6H,1-2H2,(H2,11,12,13,14). The van der Waals surface area contributed by atoms with E-state index in [2.05, 4.69) is 31.5 Å². The van der Waals surface area contributed by atoms with Crippen molar-refractivity contribution in [3.63, 3.8) is 0 Å². The second-order valence-corrected chi connectivity index (χ2v) is 4.08. The summed E-state index contributed by atoms with van der Waals surface area (Å²) in [5.74, 6) is 0. The second-order valence-electron chi connectivity index (χ2n) is 3.23. The van der Waals surface area contributed by atoms with Gasteiger partial charge in [-0.25, -0.2) is 4.79 Å². The Labute approximate surface area is 90.2 Å². The first-order valence-corrected chi connectivity index (χ1v) is 5.22. The number of carbonyl (C=O) groups is 1. The summed E-state index contributed by atoms with van der Waals surface area (Å²) in [4.78, 5) is 15.3. The van der Waals surface area contributed by atoms with Gasteiger partial charge < -0.3 is 10.6 Å². The van der Waals surface area contributed by atoms with Gasteiger partial charge in [0.15, 0.2) is 0 Å². The molecule has 1 aliphatic rings. The highest BCUT2D eigenvalue weighted by molar-refractivity contribution is 9.10. The van der Waals surface area contributed by atoms with Crippen molar-refractivity contribution < 1.29 is 4.79 Å². The number of hydrogen-bond donors (Lipinski definition) is 2. The summed E-state index contributed by atoms with van der Waals surface area (Å²) in [7, 11) is 0. The average Bonchev–Trinajstić information content (AvgIpc) is 2.93. The zero-order chi connectivity index (χ0) is 9.97. The number of aromatic nitrogens is 1. The lowest BCUT2D eigenvalue weighted by Gasteiger charge is -2.07. The van der Waals surface area contributed by atoms with E-state index in [1.54, 1.807) is 18.5 Å². The Bertz CT molecular complexity index is 352. The van der Waals surface area contributed by atoms with Gasteiger partial charge in [0, 0.05) is 18.4 Å². The van der Waals surface area contributed by atoms with Crippen LogP contribution in [0.1, 0.15) is 12.8 Å². The lowest BCUT2D eigenvalue weighted by Crippen LogP contribution is -2.30. The minimum Gasteiger partial charge on any atom is -0.335 e. The molecule has 74 valence electrons. The fraction of sp³-hybridized carbons (Fsp3) is 0.333. The molecule has 0 saturated heterocycles. The molecule has 1 fully saturated rings. The van der Waals surface area contributed by atoms with Gasteiger partial charge in [-0.1, -0.05) is 0 Å². The van der Waals surface area contributed by atoms with Gasteiger partial charge in [-0.3, -0.25) is 4.98 Å². The molecule has 1 aliphatic carbocycles. The van der Waals surface area contributed by atoms with Crippen molar-refractivity contribution in [2.24, 2.45) is 0 Å². The fourth-order valence-electron chi connectivity index (χ4n) is 1.05. The largest absolute Gasteiger partial charge is 0.335 e. The minimum atomic E-state index is -0.153. The van der Waals surface area contributed by atoms with Crippen LogP contribution < -0.4 is 10.6 Å². The normalized spacial score (nSPS) is 14.9. The molecule has 0 aromatic carbocycles. The number of rotatable bonds is 2. The third-order valence-electron chi connectivity index (χ3n) is 1.93. The lowest BCUT2D eigenvalue weighted by atomic mass is 10.4. The number of nitrogens with one attached hydrogen (secondary N) is 2. The molecule has 0 bridgehead atoms. The van der Waals surface area contributed by atoms with Gasteiger partial charge in [-0.15, -0.1) is 0 Å². The van der Waals surface area contributed by atoms with E-state index in [0.29, 0.717) is 6.04 Å². The van der Waals surface area contributed by atoms with Crippen LogP contribution in [-0.2, 0) is 0 Å². The van der Waals surface area contributed by atoms with Crippen LogP contribution in [0.15, 0.2) is 22.9 Å². The molecule has 0 unspecified atom stereocenters. The summed E-state index contributed by atoms with van der Waals surface area (Å²) in [6.07, 6.45) is 5.46. The Hall–Kier alpha value is -1.10. The maximum absolute atomic E-state index is 11.4. The Morgan fingerprint density at radius 1 is 1.57 bits per heavy atom. The van der Waals surface area contributed by atoms with Crippen molar-refractivity contribution >= 4 is 27.6 Å². The Morgan fingerprint density at radius 2 is 2.36 bits per heavy atom. The number of halogens is 1. The van der Waals surface area contributed by atoms with Gasteiger partial charge in [-0.05, 0) is 34.8 Å². The summed E-state index contributed by atoms with van der Waals surface area (Å²) >= 11 is 3.30. The number of urea groups is 1. The van der Waals surface area contributed by atoms with Crippen LogP contribution in [-0.4, -0.2) is 17.1 Å². The number of pyridine rings is 1. The van der Waals surface area contributed by atoms with Gasteiger partial charge in [0.25, 0.3) is 0 Å². The molecule has 14 heavy (non-hydrogen) atoms. The predicted octanol–water partition coefficient (Wildman–Crippen LogP) is 2.13. The molecule has 1 aromatic rings. The zero-order valence-corrected chi connectivity index (χ0v) is 9.04. The molecule has 0 spiro atoms. The molecule has 2 N–H and O–H groups in total. The second kappa shape index (κ2) is 3.96. The summed E-state index contributed by atoms with van der Waals surface area (Å²) in [6.45, 7) is 0. The smallest absolute Gasteiger partial charge is 0.319 e. The predicted molar refractivity (Wildman–Crippen MR) is 57.1 cm³/mol. The van der Waals surface area contributed by atoms with Crippen LogP contribution in [0.3, 0.4) is 0 Å². The molecule has 4 nitrogen and oxygen atoms in total. The van der Waals surface area contributed by atoms with Gasteiger partial charge in [0.05, 0.1) is 10.2 Å². The number of anilines is 1. The van der Waals surface area contributed by atoms with E-state index in [-0.39, 0.29) is 6.03 Å². The monoisotopic (exact) mass is 255 g/mol. The van der Waals surface area contributed by atoms with E-state index in [0.717, 1.165) is 23.0 Å². The number of carbonyl (C=O) groups excluding carboxylic acids is 1. The molecule has 1 heterocycles. The Kier molecular flexibility index (Phi) is 2.67. The molecule has 5 heteroatoms. The van der Waals surface area contributed by atoms with E-state index in [9.17, 15) is 4.79 Å². The van der Waals surface area contributed by atoms with Crippen molar-refractivity contribution in [1.82, 2.24) is 10.3 Å². The van der Waals surface area contributed by atoms with E-state index in [4.69, 9.17) is 0 Å². The molecule has 0 atom stereocenters. The fourth-order valence-corrected chi connectivity index (χ4v) is 1.40. The highest BCUT2D eigenvalue weighted by Crippen LogP contribution is 2.21. The first-order valence-electron chi connectivity index (χ1n) is 4.43. The van der Waals surface area contributed by atoms with Crippen LogP contribution >= 0.6 is 15.9 Å². The van der Waals surface area contributed by atoms with Crippen LogP contribution in [0.2, 0.25) is 0 Å². The molecule has 2 amide bonds.